The van der Waals surface area contributed by atoms with Crippen molar-refractivity contribution in [3.8, 4) is 11.5 Å². The predicted molar refractivity (Wildman–Crippen MR) is 142 cm³/mol. The van der Waals surface area contributed by atoms with Crippen LogP contribution in [-0.4, -0.2) is 60.7 Å². The van der Waals surface area contributed by atoms with Gasteiger partial charge in [-0.15, -0.1) is 0 Å². The Bertz CT molecular complexity index is 1070. The van der Waals surface area contributed by atoms with Gasteiger partial charge in [0.1, 0.15) is 12.4 Å². The van der Waals surface area contributed by atoms with Crippen molar-refractivity contribution in [1.82, 2.24) is 14.8 Å². The van der Waals surface area contributed by atoms with E-state index in [2.05, 4.69) is 54.0 Å². The van der Waals surface area contributed by atoms with E-state index in [4.69, 9.17) is 14.5 Å². The van der Waals surface area contributed by atoms with E-state index in [1.54, 1.807) is 25.3 Å². The fraction of sp³-hybridized carbons (Fsp3) is 0.433. The molecule has 0 unspecified atom stereocenters. The van der Waals surface area contributed by atoms with E-state index in [1.165, 1.54) is 11.6 Å². The SMILES string of the molecule is COc1cccc([C@H](c2ccccn2)N(CC2CCN(CCOc3ccccc3F)CC2)C(C)C)c1. The Kier molecular flexibility index (Phi) is 9.31. The van der Waals surface area contributed by atoms with Gasteiger partial charge in [-0.25, -0.2) is 4.39 Å². The number of hydrogen-bond donors (Lipinski definition) is 0. The highest BCUT2D eigenvalue weighted by Crippen LogP contribution is 2.33. The molecule has 4 rings (SSSR count). The van der Waals surface area contributed by atoms with Crippen LogP contribution in [0.4, 0.5) is 4.39 Å². The highest BCUT2D eigenvalue weighted by Gasteiger charge is 2.30. The lowest BCUT2D eigenvalue weighted by atomic mass is 9.92. The molecule has 6 heteroatoms. The molecule has 1 aliphatic heterocycles. The summed E-state index contributed by atoms with van der Waals surface area (Å²) in [6, 6.07) is 21.5. The molecule has 0 radical (unpaired) electrons. The number of halogens is 1. The Labute approximate surface area is 214 Å². The molecule has 1 saturated heterocycles. The summed E-state index contributed by atoms with van der Waals surface area (Å²) in [5, 5.41) is 0. The average molecular weight is 492 g/mol. The molecule has 1 atom stereocenters. The van der Waals surface area contributed by atoms with Gasteiger partial charge in [-0.3, -0.25) is 14.8 Å². The number of pyridine rings is 1. The molecule has 0 spiro atoms. The molecule has 0 aliphatic carbocycles. The van der Waals surface area contributed by atoms with Gasteiger partial charge in [0.25, 0.3) is 0 Å². The summed E-state index contributed by atoms with van der Waals surface area (Å²) >= 11 is 0. The molecule has 1 fully saturated rings. The first-order chi connectivity index (χ1) is 17.5. The lowest BCUT2D eigenvalue weighted by Gasteiger charge is -2.40. The first kappa shape index (κ1) is 26.1. The predicted octanol–water partition coefficient (Wildman–Crippen LogP) is 5.82. The number of aromatic nitrogens is 1. The first-order valence-electron chi connectivity index (χ1n) is 13.0. The molecule has 36 heavy (non-hydrogen) atoms. The largest absolute Gasteiger partial charge is 0.497 e. The maximum atomic E-state index is 13.8. The van der Waals surface area contributed by atoms with Crippen molar-refractivity contribution in [2.24, 2.45) is 5.92 Å². The number of ether oxygens (including phenoxy) is 2. The number of benzene rings is 2. The van der Waals surface area contributed by atoms with Crippen LogP contribution < -0.4 is 9.47 Å². The second-order valence-electron chi connectivity index (χ2n) is 9.79. The van der Waals surface area contributed by atoms with Gasteiger partial charge in [0.15, 0.2) is 11.6 Å². The molecule has 5 nitrogen and oxygen atoms in total. The molecule has 1 aliphatic rings. The van der Waals surface area contributed by atoms with Crippen molar-refractivity contribution < 1.29 is 13.9 Å². The third-order valence-corrected chi connectivity index (χ3v) is 7.05. The number of likely N-dealkylation sites (tertiary alicyclic amines) is 1. The zero-order valence-electron chi connectivity index (χ0n) is 21.6. The normalized spacial score (nSPS) is 15.8. The molecule has 0 bridgehead atoms. The van der Waals surface area contributed by atoms with E-state index >= 15 is 0 Å². The molecule has 3 aromatic rings. The maximum absolute atomic E-state index is 13.8. The molecular weight excluding hydrogens is 453 g/mol. The zero-order valence-corrected chi connectivity index (χ0v) is 21.6. The molecule has 0 saturated carbocycles. The molecule has 192 valence electrons. The Morgan fingerprint density at radius 3 is 2.50 bits per heavy atom. The van der Waals surface area contributed by atoms with Gasteiger partial charge in [0.05, 0.1) is 18.8 Å². The highest BCUT2D eigenvalue weighted by atomic mass is 19.1. The lowest BCUT2D eigenvalue weighted by molar-refractivity contribution is 0.0979. The minimum absolute atomic E-state index is 0.0634. The van der Waals surface area contributed by atoms with E-state index in [0.717, 1.165) is 50.5 Å². The van der Waals surface area contributed by atoms with Crippen LogP contribution in [0.25, 0.3) is 0 Å². The van der Waals surface area contributed by atoms with E-state index in [1.807, 2.05) is 18.3 Å². The minimum atomic E-state index is -0.302. The van der Waals surface area contributed by atoms with Crippen molar-refractivity contribution in [3.05, 3.63) is 90.0 Å². The topological polar surface area (TPSA) is 37.8 Å². The lowest BCUT2D eigenvalue weighted by Crippen LogP contribution is -2.43. The van der Waals surface area contributed by atoms with Crippen molar-refractivity contribution in [3.63, 3.8) is 0 Å². The van der Waals surface area contributed by atoms with Crippen LogP contribution in [-0.2, 0) is 0 Å². The smallest absolute Gasteiger partial charge is 0.165 e. The van der Waals surface area contributed by atoms with Crippen LogP contribution in [0.15, 0.2) is 72.9 Å². The van der Waals surface area contributed by atoms with Gasteiger partial charge >= 0.3 is 0 Å². The summed E-state index contributed by atoms with van der Waals surface area (Å²) in [5.41, 5.74) is 2.26. The van der Waals surface area contributed by atoms with E-state index in [-0.39, 0.29) is 11.9 Å². The monoisotopic (exact) mass is 491 g/mol. The number of hydrogen-bond acceptors (Lipinski definition) is 5. The van der Waals surface area contributed by atoms with Gasteiger partial charge in [-0.1, -0.05) is 30.3 Å². The number of para-hydroxylation sites is 1. The number of nitrogens with zero attached hydrogens (tertiary/aromatic N) is 3. The summed E-state index contributed by atoms with van der Waals surface area (Å²) in [4.78, 5) is 9.76. The molecular formula is C30H38FN3O2. The molecule has 0 amide bonds. The first-order valence-corrected chi connectivity index (χ1v) is 13.0. The second-order valence-corrected chi connectivity index (χ2v) is 9.79. The summed E-state index contributed by atoms with van der Waals surface area (Å²) in [6.45, 7) is 8.93. The van der Waals surface area contributed by atoms with Crippen LogP contribution >= 0.6 is 0 Å². The standard InChI is InChI=1S/C30H38FN3O2/c1-23(2)34(30(28-12-6-7-16-32-28)25-9-8-10-26(21-25)35-3)22-24-14-17-33(18-15-24)19-20-36-29-13-5-4-11-27(29)31/h4-13,16,21,23-24,30H,14-15,17-20,22H2,1-3H3/t30-/m1/s1. The Morgan fingerprint density at radius 1 is 1.03 bits per heavy atom. The third kappa shape index (κ3) is 6.83. The van der Waals surface area contributed by atoms with Crippen LogP contribution in [0.3, 0.4) is 0 Å². The zero-order chi connectivity index (χ0) is 25.3. The Morgan fingerprint density at radius 2 is 1.81 bits per heavy atom. The number of rotatable bonds is 11. The average Bonchev–Trinajstić information content (AvgIpc) is 2.91. The van der Waals surface area contributed by atoms with E-state index in [0.29, 0.717) is 24.3 Å². The van der Waals surface area contributed by atoms with Crippen LogP contribution in [0, 0.1) is 11.7 Å². The molecule has 2 heterocycles. The van der Waals surface area contributed by atoms with E-state index in [9.17, 15) is 4.39 Å². The fourth-order valence-corrected chi connectivity index (χ4v) is 5.03. The van der Waals surface area contributed by atoms with Crippen molar-refractivity contribution in [2.75, 3.05) is 39.9 Å². The molecule has 2 aromatic carbocycles. The van der Waals surface area contributed by atoms with Gasteiger partial charge in [-0.2, -0.15) is 0 Å². The molecule has 1 aromatic heterocycles. The Hall–Kier alpha value is -2.96. The fourth-order valence-electron chi connectivity index (χ4n) is 5.03. The third-order valence-electron chi connectivity index (χ3n) is 7.05. The molecule has 0 N–H and O–H groups in total. The van der Waals surface area contributed by atoms with Gasteiger partial charge < -0.3 is 9.47 Å². The van der Waals surface area contributed by atoms with E-state index < -0.39 is 0 Å². The maximum Gasteiger partial charge on any atom is 0.165 e. The summed E-state index contributed by atoms with van der Waals surface area (Å²) < 4.78 is 25.0. The number of methoxy groups -OCH3 is 1. The number of piperidine rings is 1. The second kappa shape index (κ2) is 12.8. The summed E-state index contributed by atoms with van der Waals surface area (Å²) in [6.07, 6.45) is 4.15. The van der Waals surface area contributed by atoms with Gasteiger partial charge in [-0.05, 0) is 87.7 Å². The highest BCUT2D eigenvalue weighted by molar-refractivity contribution is 5.35. The van der Waals surface area contributed by atoms with Crippen LogP contribution in [0.1, 0.15) is 44.0 Å². The quantitative estimate of drug-likeness (QED) is 0.338. The van der Waals surface area contributed by atoms with Crippen LogP contribution in [0.2, 0.25) is 0 Å². The summed E-state index contributed by atoms with van der Waals surface area (Å²) in [7, 11) is 1.71. The van der Waals surface area contributed by atoms with Gasteiger partial charge in [0.2, 0.25) is 0 Å². The van der Waals surface area contributed by atoms with Crippen molar-refractivity contribution in [1.29, 1.82) is 0 Å². The van der Waals surface area contributed by atoms with Crippen LogP contribution in [0.5, 0.6) is 11.5 Å². The van der Waals surface area contributed by atoms with Crippen molar-refractivity contribution in [2.45, 2.75) is 38.8 Å². The Balaban J connectivity index is 1.39. The van der Waals surface area contributed by atoms with Crippen molar-refractivity contribution >= 4 is 0 Å². The van der Waals surface area contributed by atoms with Gasteiger partial charge in [0, 0.05) is 25.3 Å². The summed E-state index contributed by atoms with van der Waals surface area (Å²) in [5.74, 6) is 1.50. The minimum Gasteiger partial charge on any atom is -0.497 e.